The van der Waals surface area contributed by atoms with Crippen molar-refractivity contribution in [1.82, 2.24) is 0 Å². The molecule has 1 aromatic carbocycles. The molecule has 0 unspecified atom stereocenters. The van der Waals surface area contributed by atoms with Crippen molar-refractivity contribution in [3.63, 3.8) is 0 Å². The minimum atomic E-state index is -0.445. The third kappa shape index (κ3) is 2.87. The number of rotatable bonds is 4. The van der Waals surface area contributed by atoms with E-state index in [2.05, 4.69) is 5.32 Å². The monoisotopic (exact) mass is 264 g/mol. The van der Waals surface area contributed by atoms with Crippen LogP contribution in [0.15, 0.2) is 29.6 Å². The Morgan fingerprint density at radius 2 is 2.22 bits per heavy atom. The molecule has 0 aliphatic rings. The zero-order valence-corrected chi connectivity index (χ0v) is 10.7. The number of hydrogen-bond acceptors (Lipinski definition) is 3. The number of anilines is 1. The van der Waals surface area contributed by atoms with Crippen LogP contribution >= 0.6 is 11.3 Å². The average molecular weight is 264 g/mol. The van der Waals surface area contributed by atoms with Crippen LogP contribution in [0, 0.1) is 12.7 Å². The fourth-order valence-electron chi connectivity index (χ4n) is 1.56. The fraction of sp³-hybridized carbons (Fsp3) is 0.154. The van der Waals surface area contributed by atoms with E-state index >= 15 is 0 Å². The van der Waals surface area contributed by atoms with E-state index in [1.165, 1.54) is 17.4 Å². The molecule has 2 aromatic rings. The molecule has 0 aliphatic carbocycles. The maximum Gasteiger partial charge on any atom is 0.249 e. The molecule has 18 heavy (non-hydrogen) atoms. The van der Waals surface area contributed by atoms with Crippen LogP contribution in [0.3, 0.4) is 0 Å². The first-order valence-electron chi connectivity index (χ1n) is 5.43. The molecule has 0 saturated carbocycles. The molecule has 3 N–H and O–H groups in total. The molecule has 2 rings (SSSR count). The summed E-state index contributed by atoms with van der Waals surface area (Å²) in [4.78, 5) is 11.9. The Hall–Kier alpha value is -1.88. The minimum Gasteiger partial charge on any atom is -0.378 e. The number of benzene rings is 1. The van der Waals surface area contributed by atoms with Gasteiger partial charge in [-0.25, -0.2) is 4.39 Å². The maximum absolute atomic E-state index is 13.5. The van der Waals surface area contributed by atoms with E-state index in [9.17, 15) is 9.18 Å². The van der Waals surface area contributed by atoms with Crippen molar-refractivity contribution in [1.29, 1.82) is 0 Å². The number of amides is 1. The van der Waals surface area contributed by atoms with Crippen molar-refractivity contribution >= 4 is 22.9 Å². The van der Waals surface area contributed by atoms with Gasteiger partial charge in [-0.05, 0) is 30.7 Å². The quantitative estimate of drug-likeness (QED) is 0.892. The molecule has 0 atom stereocenters. The molecule has 3 nitrogen and oxygen atoms in total. The van der Waals surface area contributed by atoms with E-state index in [1.54, 1.807) is 23.6 Å². The zero-order valence-electron chi connectivity index (χ0n) is 9.87. The first-order valence-corrected chi connectivity index (χ1v) is 6.31. The summed E-state index contributed by atoms with van der Waals surface area (Å²) in [6.07, 6.45) is 0. The third-order valence-corrected chi connectivity index (χ3v) is 3.45. The van der Waals surface area contributed by atoms with Crippen LogP contribution in [0.4, 0.5) is 10.1 Å². The van der Waals surface area contributed by atoms with Crippen LogP contribution in [-0.4, -0.2) is 5.91 Å². The highest BCUT2D eigenvalue weighted by Gasteiger charge is 2.06. The lowest BCUT2D eigenvalue weighted by Gasteiger charge is -2.06. The van der Waals surface area contributed by atoms with Crippen molar-refractivity contribution in [3.8, 4) is 0 Å². The second-order valence-electron chi connectivity index (χ2n) is 4.00. The summed E-state index contributed by atoms with van der Waals surface area (Å²) in [6.45, 7) is 2.37. The molecule has 94 valence electrons. The molecular formula is C13H13FN2OS. The number of nitrogens with one attached hydrogen (secondary N) is 1. The van der Waals surface area contributed by atoms with Gasteiger partial charge in [-0.3, -0.25) is 4.79 Å². The first kappa shape index (κ1) is 12.6. The number of nitrogens with two attached hydrogens (primary N) is 1. The van der Waals surface area contributed by atoms with Gasteiger partial charge in [0, 0.05) is 16.8 Å². The van der Waals surface area contributed by atoms with Crippen molar-refractivity contribution in [2.24, 2.45) is 5.73 Å². The largest absolute Gasteiger partial charge is 0.378 e. The lowest BCUT2D eigenvalue weighted by Crippen LogP contribution is -2.09. The van der Waals surface area contributed by atoms with Crippen LogP contribution < -0.4 is 11.1 Å². The van der Waals surface area contributed by atoms with Crippen LogP contribution in [0.25, 0.3) is 0 Å². The molecule has 0 spiro atoms. The van der Waals surface area contributed by atoms with E-state index in [4.69, 9.17) is 5.73 Å². The summed E-state index contributed by atoms with van der Waals surface area (Å²) in [7, 11) is 0. The fourth-order valence-corrected chi connectivity index (χ4v) is 2.37. The van der Waals surface area contributed by atoms with E-state index in [-0.39, 0.29) is 5.82 Å². The van der Waals surface area contributed by atoms with E-state index in [0.29, 0.717) is 17.8 Å². The van der Waals surface area contributed by atoms with Crippen LogP contribution in [0.5, 0.6) is 0 Å². The van der Waals surface area contributed by atoms with Crippen molar-refractivity contribution in [3.05, 3.63) is 51.5 Å². The highest BCUT2D eigenvalue weighted by Crippen LogP contribution is 2.19. The maximum atomic E-state index is 13.5. The standard InChI is InChI=1S/C13H13FN2OS/c1-8-2-3-11(14)12(4-8)16-6-10-5-9(7-18-10)13(15)17/h2-5,7,16H,6H2,1H3,(H2,15,17). The first-order chi connectivity index (χ1) is 8.56. The summed E-state index contributed by atoms with van der Waals surface area (Å²) in [6, 6.07) is 6.61. The molecular weight excluding hydrogens is 251 g/mol. The third-order valence-electron chi connectivity index (χ3n) is 2.51. The van der Waals surface area contributed by atoms with E-state index in [0.717, 1.165) is 10.4 Å². The predicted molar refractivity (Wildman–Crippen MR) is 71.3 cm³/mol. The molecule has 0 bridgehead atoms. The second kappa shape index (κ2) is 5.18. The van der Waals surface area contributed by atoms with Gasteiger partial charge >= 0.3 is 0 Å². The molecule has 0 saturated heterocycles. The van der Waals surface area contributed by atoms with Gasteiger partial charge in [0.15, 0.2) is 0 Å². The molecule has 1 aromatic heterocycles. The number of primary amides is 1. The molecule has 0 radical (unpaired) electrons. The van der Waals surface area contributed by atoms with E-state index in [1.807, 2.05) is 6.92 Å². The Balaban J connectivity index is 2.06. The summed E-state index contributed by atoms with van der Waals surface area (Å²) >= 11 is 1.42. The van der Waals surface area contributed by atoms with Crippen molar-refractivity contribution < 1.29 is 9.18 Å². The van der Waals surface area contributed by atoms with Gasteiger partial charge in [0.1, 0.15) is 5.82 Å². The normalized spacial score (nSPS) is 10.3. The van der Waals surface area contributed by atoms with Crippen molar-refractivity contribution in [2.45, 2.75) is 13.5 Å². The highest BCUT2D eigenvalue weighted by molar-refractivity contribution is 7.10. The Kier molecular flexibility index (Phi) is 3.62. The topological polar surface area (TPSA) is 55.1 Å². The predicted octanol–water partition coefficient (Wildman–Crippen LogP) is 2.91. The SMILES string of the molecule is Cc1ccc(F)c(NCc2cc(C(N)=O)cs2)c1. The van der Waals surface area contributed by atoms with E-state index < -0.39 is 5.91 Å². The minimum absolute atomic E-state index is 0.285. The van der Waals surface area contributed by atoms with Gasteiger partial charge in [-0.15, -0.1) is 11.3 Å². The van der Waals surface area contributed by atoms with Gasteiger partial charge in [-0.2, -0.15) is 0 Å². The number of aryl methyl sites for hydroxylation is 1. The molecule has 5 heteroatoms. The average Bonchev–Trinajstić information content (AvgIpc) is 2.79. The van der Waals surface area contributed by atoms with Crippen LogP contribution in [0.1, 0.15) is 20.8 Å². The lowest BCUT2D eigenvalue weighted by molar-refractivity contribution is 0.100. The second-order valence-corrected chi connectivity index (χ2v) is 5.00. The summed E-state index contributed by atoms with van der Waals surface area (Å²) < 4.78 is 13.5. The molecule has 1 amide bonds. The number of thiophene rings is 1. The van der Waals surface area contributed by atoms with Crippen LogP contribution in [0.2, 0.25) is 0 Å². The lowest BCUT2D eigenvalue weighted by atomic mass is 10.2. The summed E-state index contributed by atoms with van der Waals surface area (Å²) in [5.41, 5.74) is 7.10. The van der Waals surface area contributed by atoms with Gasteiger partial charge < -0.3 is 11.1 Å². The smallest absolute Gasteiger partial charge is 0.249 e. The summed E-state index contributed by atoms with van der Waals surface area (Å²) in [5, 5.41) is 4.71. The molecule has 0 fully saturated rings. The van der Waals surface area contributed by atoms with Crippen LogP contribution in [-0.2, 0) is 6.54 Å². The van der Waals surface area contributed by atoms with Crippen molar-refractivity contribution in [2.75, 3.05) is 5.32 Å². The van der Waals surface area contributed by atoms with Gasteiger partial charge in [0.2, 0.25) is 5.91 Å². The Morgan fingerprint density at radius 3 is 2.89 bits per heavy atom. The molecule has 1 heterocycles. The Bertz CT molecular complexity index is 580. The Morgan fingerprint density at radius 1 is 1.44 bits per heavy atom. The highest BCUT2D eigenvalue weighted by atomic mass is 32.1. The number of carbonyl (C=O) groups excluding carboxylic acids is 1. The number of carbonyl (C=O) groups is 1. The van der Waals surface area contributed by atoms with Gasteiger partial charge in [0.25, 0.3) is 0 Å². The Labute approximate surface area is 108 Å². The van der Waals surface area contributed by atoms with Gasteiger partial charge in [0.05, 0.1) is 11.3 Å². The zero-order chi connectivity index (χ0) is 13.1. The van der Waals surface area contributed by atoms with Gasteiger partial charge in [-0.1, -0.05) is 6.07 Å². The number of halogens is 1. The molecule has 0 aliphatic heterocycles. The number of hydrogen-bond donors (Lipinski definition) is 2. The summed E-state index contributed by atoms with van der Waals surface area (Å²) in [5.74, 6) is -0.730.